The van der Waals surface area contributed by atoms with Gasteiger partial charge in [-0.05, 0) is 28.1 Å². The van der Waals surface area contributed by atoms with Crippen LogP contribution in [0.3, 0.4) is 0 Å². The average Bonchev–Trinajstić information content (AvgIpc) is 2.20. The number of carbonyl (C=O) groups is 1. The van der Waals surface area contributed by atoms with Gasteiger partial charge in [-0.25, -0.2) is 18.0 Å². The summed E-state index contributed by atoms with van der Waals surface area (Å²) in [5, 5.41) is 0. The van der Waals surface area contributed by atoms with Crippen molar-refractivity contribution >= 4 is 27.6 Å². The lowest BCUT2D eigenvalue weighted by molar-refractivity contribution is 0.0159. The van der Waals surface area contributed by atoms with E-state index in [-0.39, 0.29) is 15.7 Å². The predicted octanol–water partition coefficient (Wildman–Crippen LogP) is 2.59. The van der Waals surface area contributed by atoms with Crippen LogP contribution in [0, 0.1) is 5.82 Å². The summed E-state index contributed by atoms with van der Waals surface area (Å²) in [5.74, 6) is -1.70. The number of carbonyl (C=O) groups excluding carboxylic acids is 1. The van der Waals surface area contributed by atoms with Crippen LogP contribution < -0.4 is 5.73 Å². The monoisotopic (exact) mass is 297 g/mol. The van der Waals surface area contributed by atoms with Crippen LogP contribution in [0.4, 0.5) is 18.9 Å². The maximum absolute atomic E-state index is 12.9. The number of hydrogen-bond donors (Lipinski definition) is 1. The van der Waals surface area contributed by atoms with Gasteiger partial charge in [-0.1, -0.05) is 0 Å². The molecular formula is C9H7BrF3NO2. The first-order valence-corrected chi connectivity index (χ1v) is 4.91. The second kappa shape index (κ2) is 5.20. The Hall–Kier alpha value is -1.24. The summed E-state index contributed by atoms with van der Waals surface area (Å²) in [6.45, 7) is -1.01. The van der Waals surface area contributed by atoms with Gasteiger partial charge in [-0.2, -0.15) is 0 Å². The second-order valence-electron chi connectivity index (χ2n) is 2.84. The summed E-state index contributed by atoms with van der Waals surface area (Å²) in [6, 6.07) is 1.99. The summed E-state index contributed by atoms with van der Waals surface area (Å²) in [7, 11) is 0. The average molecular weight is 298 g/mol. The Morgan fingerprint density at radius 2 is 2.12 bits per heavy atom. The van der Waals surface area contributed by atoms with Crippen molar-refractivity contribution in [1.29, 1.82) is 0 Å². The predicted molar refractivity (Wildman–Crippen MR) is 54.8 cm³/mol. The first-order valence-electron chi connectivity index (χ1n) is 4.11. The quantitative estimate of drug-likeness (QED) is 0.689. The molecule has 0 heterocycles. The molecule has 1 rings (SSSR count). The standard InChI is InChI=1S/C9H7BrF3NO2/c10-5-2-6(11)7(14)1-4(5)9(15)16-3-8(12)13/h1-2,8H,3,14H2. The Balaban J connectivity index is 2.87. The Labute approximate surface area is 97.5 Å². The third kappa shape index (κ3) is 3.13. The molecule has 0 fully saturated rings. The molecule has 0 aliphatic rings. The number of alkyl halides is 2. The van der Waals surface area contributed by atoms with Crippen molar-refractivity contribution < 1.29 is 22.7 Å². The van der Waals surface area contributed by atoms with E-state index in [0.29, 0.717) is 0 Å². The Kier molecular flexibility index (Phi) is 4.17. The van der Waals surface area contributed by atoms with Gasteiger partial charge in [-0.15, -0.1) is 0 Å². The van der Waals surface area contributed by atoms with Crippen molar-refractivity contribution in [2.45, 2.75) is 6.43 Å². The van der Waals surface area contributed by atoms with Gasteiger partial charge in [0.15, 0.2) is 6.61 Å². The number of nitrogen functional groups attached to an aromatic ring is 1. The molecule has 1 aromatic rings. The van der Waals surface area contributed by atoms with Crippen molar-refractivity contribution in [1.82, 2.24) is 0 Å². The van der Waals surface area contributed by atoms with Crippen LogP contribution in [0.1, 0.15) is 10.4 Å². The Bertz CT molecular complexity index is 412. The molecule has 0 radical (unpaired) electrons. The SMILES string of the molecule is Nc1cc(C(=O)OCC(F)F)c(Br)cc1F. The summed E-state index contributed by atoms with van der Waals surface area (Å²) in [5.41, 5.74) is 4.88. The number of halogens is 4. The minimum absolute atomic E-state index is 0.0958. The van der Waals surface area contributed by atoms with Crippen molar-refractivity contribution in [2.24, 2.45) is 0 Å². The maximum atomic E-state index is 12.9. The lowest BCUT2D eigenvalue weighted by Crippen LogP contribution is -2.12. The number of rotatable bonds is 3. The van der Waals surface area contributed by atoms with Crippen LogP contribution in [0.15, 0.2) is 16.6 Å². The van der Waals surface area contributed by atoms with Crippen LogP contribution in [0.2, 0.25) is 0 Å². The van der Waals surface area contributed by atoms with E-state index in [0.717, 1.165) is 12.1 Å². The van der Waals surface area contributed by atoms with Crippen molar-refractivity contribution in [3.8, 4) is 0 Å². The lowest BCUT2D eigenvalue weighted by atomic mass is 10.2. The number of esters is 1. The van der Waals surface area contributed by atoms with Crippen molar-refractivity contribution in [3.63, 3.8) is 0 Å². The summed E-state index contributed by atoms with van der Waals surface area (Å²) in [4.78, 5) is 11.3. The first kappa shape index (κ1) is 12.8. The Morgan fingerprint density at radius 1 is 1.50 bits per heavy atom. The molecule has 3 nitrogen and oxygen atoms in total. The van der Waals surface area contributed by atoms with E-state index in [9.17, 15) is 18.0 Å². The molecule has 0 aliphatic heterocycles. The van der Waals surface area contributed by atoms with Crippen LogP contribution in [-0.2, 0) is 4.74 Å². The Morgan fingerprint density at radius 3 is 2.69 bits per heavy atom. The molecule has 7 heteroatoms. The van der Waals surface area contributed by atoms with Gasteiger partial charge in [0.2, 0.25) is 0 Å². The third-order valence-electron chi connectivity index (χ3n) is 1.65. The molecule has 0 amide bonds. The minimum Gasteiger partial charge on any atom is -0.456 e. The van der Waals surface area contributed by atoms with Crippen molar-refractivity contribution in [3.05, 3.63) is 28.0 Å². The molecule has 0 aliphatic carbocycles. The largest absolute Gasteiger partial charge is 0.456 e. The smallest absolute Gasteiger partial charge is 0.339 e. The molecule has 0 unspecified atom stereocenters. The van der Waals surface area contributed by atoms with Crippen LogP contribution in [0.25, 0.3) is 0 Å². The molecule has 0 bridgehead atoms. The van der Waals surface area contributed by atoms with Gasteiger partial charge in [0, 0.05) is 4.47 Å². The highest BCUT2D eigenvalue weighted by Gasteiger charge is 2.16. The molecule has 1 aromatic carbocycles. The maximum Gasteiger partial charge on any atom is 0.339 e. The van der Waals surface area contributed by atoms with Gasteiger partial charge >= 0.3 is 5.97 Å². The zero-order chi connectivity index (χ0) is 12.3. The highest BCUT2D eigenvalue weighted by molar-refractivity contribution is 9.10. The highest BCUT2D eigenvalue weighted by Crippen LogP contribution is 2.23. The minimum atomic E-state index is -2.75. The van der Waals surface area contributed by atoms with Crippen LogP contribution in [-0.4, -0.2) is 19.0 Å². The number of hydrogen-bond acceptors (Lipinski definition) is 3. The van der Waals surface area contributed by atoms with Gasteiger partial charge < -0.3 is 10.5 Å². The van der Waals surface area contributed by atoms with E-state index in [4.69, 9.17) is 5.73 Å². The fourth-order valence-electron chi connectivity index (χ4n) is 0.939. The van der Waals surface area contributed by atoms with E-state index in [2.05, 4.69) is 20.7 Å². The van der Waals surface area contributed by atoms with E-state index in [1.165, 1.54) is 0 Å². The molecule has 2 N–H and O–H groups in total. The summed E-state index contributed by atoms with van der Waals surface area (Å²) >= 11 is 2.91. The van der Waals surface area contributed by atoms with E-state index in [1.54, 1.807) is 0 Å². The third-order valence-corrected chi connectivity index (χ3v) is 2.30. The molecule has 0 saturated heterocycles. The highest BCUT2D eigenvalue weighted by atomic mass is 79.9. The fourth-order valence-corrected chi connectivity index (χ4v) is 1.42. The number of anilines is 1. The number of ether oxygens (including phenoxy) is 1. The zero-order valence-corrected chi connectivity index (χ0v) is 9.43. The van der Waals surface area contributed by atoms with Gasteiger partial charge in [0.25, 0.3) is 6.43 Å². The lowest BCUT2D eigenvalue weighted by Gasteiger charge is -2.07. The molecule has 88 valence electrons. The van der Waals surface area contributed by atoms with Gasteiger partial charge in [-0.3, -0.25) is 0 Å². The van der Waals surface area contributed by atoms with Crippen LogP contribution in [0.5, 0.6) is 0 Å². The second-order valence-corrected chi connectivity index (χ2v) is 3.70. The van der Waals surface area contributed by atoms with Crippen molar-refractivity contribution in [2.75, 3.05) is 12.3 Å². The van der Waals surface area contributed by atoms with E-state index >= 15 is 0 Å². The van der Waals surface area contributed by atoms with Gasteiger partial charge in [0.05, 0.1) is 11.3 Å². The molecule has 16 heavy (non-hydrogen) atoms. The molecule has 0 aromatic heterocycles. The van der Waals surface area contributed by atoms with Crippen LogP contribution >= 0.6 is 15.9 Å². The first-order chi connectivity index (χ1) is 7.41. The number of nitrogens with two attached hydrogens (primary N) is 1. The summed E-state index contributed by atoms with van der Waals surface area (Å²) < 4.78 is 40.8. The zero-order valence-electron chi connectivity index (χ0n) is 7.84. The molecule has 0 saturated carbocycles. The van der Waals surface area contributed by atoms with E-state index < -0.39 is 24.8 Å². The van der Waals surface area contributed by atoms with E-state index in [1.807, 2.05) is 0 Å². The normalized spacial score (nSPS) is 10.6. The molecule has 0 atom stereocenters. The summed E-state index contributed by atoms with van der Waals surface area (Å²) in [6.07, 6.45) is -2.75. The molecule has 0 spiro atoms. The molecular weight excluding hydrogens is 291 g/mol. The number of benzene rings is 1. The topological polar surface area (TPSA) is 52.3 Å². The fraction of sp³-hybridized carbons (Fsp3) is 0.222. The van der Waals surface area contributed by atoms with Gasteiger partial charge in [0.1, 0.15) is 5.82 Å².